The van der Waals surface area contributed by atoms with Crippen LogP contribution in [0, 0.1) is 5.92 Å². The summed E-state index contributed by atoms with van der Waals surface area (Å²) in [5, 5.41) is 0.730. The van der Waals surface area contributed by atoms with Gasteiger partial charge < -0.3 is 10.6 Å². The number of aromatic nitrogens is 1. The fourth-order valence-electron chi connectivity index (χ4n) is 5.78. The summed E-state index contributed by atoms with van der Waals surface area (Å²) in [4.78, 5) is 52.0. The van der Waals surface area contributed by atoms with Gasteiger partial charge in [0.25, 0.3) is 11.8 Å². The Hall–Kier alpha value is -3.46. The highest BCUT2D eigenvalue weighted by Crippen LogP contribution is 2.48. The van der Waals surface area contributed by atoms with Crippen LogP contribution in [0.2, 0.25) is 10.0 Å². The molecule has 2 aromatic carbocycles. The number of hydrogen-bond donors (Lipinski definition) is 2. The van der Waals surface area contributed by atoms with Crippen molar-refractivity contribution in [2.75, 3.05) is 0 Å². The van der Waals surface area contributed by atoms with E-state index in [0.717, 1.165) is 12.8 Å². The van der Waals surface area contributed by atoms with Crippen LogP contribution >= 0.6 is 23.2 Å². The highest BCUT2D eigenvalue weighted by molar-refractivity contribution is 6.35. The Morgan fingerprint density at radius 3 is 2.54 bits per heavy atom. The van der Waals surface area contributed by atoms with Crippen LogP contribution in [0.1, 0.15) is 64.8 Å². The number of carbonyl (C=O) groups excluding carboxylic acids is 3. The first-order chi connectivity index (χ1) is 18.9. The topological polar surface area (TPSA) is 115 Å². The van der Waals surface area contributed by atoms with Gasteiger partial charge in [-0.25, -0.2) is 5.48 Å². The van der Waals surface area contributed by atoms with E-state index < -0.39 is 35.7 Å². The van der Waals surface area contributed by atoms with E-state index in [-0.39, 0.29) is 12.5 Å². The molecule has 0 spiro atoms. The third-order valence-corrected chi connectivity index (χ3v) is 8.07. The first-order valence-corrected chi connectivity index (χ1v) is 13.6. The summed E-state index contributed by atoms with van der Waals surface area (Å²) >= 11 is 12.9. The minimum atomic E-state index is -0.892. The summed E-state index contributed by atoms with van der Waals surface area (Å²) in [7, 11) is 0. The van der Waals surface area contributed by atoms with Crippen molar-refractivity contribution < 1.29 is 19.2 Å². The summed E-state index contributed by atoms with van der Waals surface area (Å²) in [6.45, 7) is 0.0579. The Morgan fingerprint density at radius 2 is 1.79 bits per heavy atom. The molecule has 0 saturated heterocycles. The number of rotatable bonds is 7. The molecule has 3 amide bonds. The molecule has 1 aromatic heterocycles. The molecule has 3 N–H and O–H groups in total. The predicted octanol–water partition coefficient (Wildman–Crippen LogP) is 4.96. The van der Waals surface area contributed by atoms with Gasteiger partial charge in [-0.05, 0) is 54.3 Å². The molecule has 10 heteroatoms. The normalized spacial score (nSPS) is 22.7. The van der Waals surface area contributed by atoms with Gasteiger partial charge in [-0.15, -0.1) is 0 Å². The number of benzene rings is 2. The van der Waals surface area contributed by atoms with E-state index in [1.807, 2.05) is 6.07 Å². The van der Waals surface area contributed by atoms with Gasteiger partial charge in [0.15, 0.2) is 0 Å². The van der Waals surface area contributed by atoms with E-state index in [4.69, 9.17) is 33.8 Å². The first kappa shape index (κ1) is 27.1. The smallest absolute Gasteiger partial charge is 0.254 e. The van der Waals surface area contributed by atoms with Gasteiger partial charge in [-0.2, -0.15) is 0 Å². The lowest BCUT2D eigenvalue weighted by atomic mass is 9.75. The van der Waals surface area contributed by atoms with Crippen LogP contribution in [-0.2, 0) is 21.0 Å². The van der Waals surface area contributed by atoms with E-state index in [9.17, 15) is 14.4 Å². The molecule has 4 unspecified atom stereocenters. The van der Waals surface area contributed by atoms with Crippen molar-refractivity contribution in [1.29, 1.82) is 0 Å². The predicted molar refractivity (Wildman–Crippen MR) is 147 cm³/mol. The number of hydrogen-bond acceptors (Lipinski definition) is 5. The number of pyridine rings is 1. The van der Waals surface area contributed by atoms with E-state index in [1.54, 1.807) is 65.7 Å². The number of nitrogens with two attached hydrogens (primary N) is 1. The molecule has 2 aliphatic rings. The van der Waals surface area contributed by atoms with Crippen molar-refractivity contribution in [3.8, 4) is 0 Å². The zero-order valence-corrected chi connectivity index (χ0v) is 22.6. The Morgan fingerprint density at radius 1 is 1.03 bits per heavy atom. The third kappa shape index (κ3) is 5.50. The molecule has 3 aromatic rings. The Kier molecular flexibility index (Phi) is 8.16. The highest BCUT2D eigenvalue weighted by Gasteiger charge is 2.50. The number of carbonyl (C=O) groups is 3. The number of fused-ring (bicyclic) bond motifs is 1. The lowest BCUT2D eigenvalue weighted by molar-refractivity contribution is -0.138. The highest BCUT2D eigenvalue weighted by atomic mass is 35.5. The summed E-state index contributed by atoms with van der Waals surface area (Å²) < 4.78 is 0. The summed E-state index contributed by atoms with van der Waals surface area (Å²) in [6.07, 6.45) is 4.44. The lowest BCUT2D eigenvalue weighted by Crippen LogP contribution is -2.56. The molecule has 1 fully saturated rings. The molecule has 1 aliphatic heterocycles. The minimum Gasteiger partial charge on any atom is -0.369 e. The second kappa shape index (κ2) is 11.7. The van der Waals surface area contributed by atoms with Crippen molar-refractivity contribution in [3.63, 3.8) is 0 Å². The van der Waals surface area contributed by atoms with E-state index in [0.29, 0.717) is 45.3 Å². The van der Waals surface area contributed by atoms with Gasteiger partial charge in [0.2, 0.25) is 5.91 Å². The van der Waals surface area contributed by atoms with Crippen LogP contribution in [0.25, 0.3) is 0 Å². The maximum atomic E-state index is 14.1. The summed E-state index contributed by atoms with van der Waals surface area (Å²) in [5.74, 6) is -2.65. The second-order valence-corrected chi connectivity index (χ2v) is 10.7. The van der Waals surface area contributed by atoms with Crippen LogP contribution in [0.4, 0.5) is 0 Å². The van der Waals surface area contributed by atoms with Crippen LogP contribution < -0.4 is 11.2 Å². The second-order valence-electron chi connectivity index (χ2n) is 9.82. The van der Waals surface area contributed by atoms with Crippen molar-refractivity contribution in [2.45, 2.75) is 50.3 Å². The number of hydroxylamine groups is 1. The SMILES string of the molecule is NC(=O)C1CCCCC1N1C(=O)c2ccccc2C(C(=O)NOCc2ccccn2)C1c1ccc(Cl)cc1Cl. The average Bonchev–Trinajstić information content (AvgIpc) is 2.93. The molecule has 2 heterocycles. The maximum Gasteiger partial charge on any atom is 0.254 e. The molecule has 5 rings (SSSR count). The van der Waals surface area contributed by atoms with Crippen LogP contribution in [-0.4, -0.2) is 33.6 Å². The molecule has 1 aliphatic carbocycles. The average molecular weight is 567 g/mol. The third-order valence-electron chi connectivity index (χ3n) is 7.51. The Labute approximate surface area is 236 Å². The van der Waals surface area contributed by atoms with Crippen molar-refractivity contribution in [2.24, 2.45) is 11.7 Å². The minimum absolute atomic E-state index is 0.0579. The quantitative estimate of drug-likeness (QED) is 0.392. The Balaban J connectivity index is 1.60. The zero-order chi connectivity index (χ0) is 27.5. The fourth-order valence-corrected chi connectivity index (χ4v) is 6.30. The zero-order valence-electron chi connectivity index (χ0n) is 21.1. The molecule has 4 atom stereocenters. The molecule has 202 valence electrons. The van der Waals surface area contributed by atoms with Gasteiger partial charge in [-0.1, -0.05) is 66.4 Å². The van der Waals surface area contributed by atoms with Crippen molar-refractivity contribution >= 4 is 40.9 Å². The molecule has 1 saturated carbocycles. The standard InChI is InChI=1S/C29H28Cl2N4O4/c30-17-12-13-21(23(31)15-17)26-25(28(37)34-39-16-18-7-5-6-14-33-18)19-8-1-2-9-20(19)29(38)35(26)24-11-4-3-10-22(24)27(32)36/h1-2,5-9,12-15,22,24-26H,3-4,10-11,16H2,(H2,32,36)(H,34,37). The molecule has 0 bridgehead atoms. The van der Waals surface area contributed by atoms with Crippen LogP contribution in [0.3, 0.4) is 0 Å². The fraction of sp³-hybridized carbons (Fsp3) is 0.310. The molecule has 0 radical (unpaired) electrons. The Bertz CT molecular complexity index is 1390. The van der Waals surface area contributed by atoms with Gasteiger partial charge >= 0.3 is 0 Å². The summed E-state index contributed by atoms with van der Waals surface area (Å²) in [6, 6.07) is 16.0. The van der Waals surface area contributed by atoms with Gasteiger partial charge in [0.1, 0.15) is 6.61 Å². The van der Waals surface area contributed by atoms with E-state index in [1.165, 1.54) is 0 Å². The van der Waals surface area contributed by atoms with Gasteiger partial charge in [0, 0.05) is 27.8 Å². The number of amides is 3. The van der Waals surface area contributed by atoms with E-state index in [2.05, 4.69) is 10.5 Å². The lowest BCUT2D eigenvalue weighted by Gasteiger charge is -2.48. The first-order valence-electron chi connectivity index (χ1n) is 12.8. The largest absolute Gasteiger partial charge is 0.369 e. The van der Waals surface area contributed by atoms with Gasteiger partial charge in [-0.3, -0.25) is 24.2 Å². The van der Waals surface area contributed by atoms with Crippen molar-refractivity contribution in [1.82, 2.24) is 15.4 Å². The number of nitrogens with zero attached hydrogens (tertiary/aromatic N) is 2. The van der Waals surface area contributed by atoms with Crippen LogP contribution in [0.15, 0.2) is 66.9 Å². The number of primary amides is 1. The molecular weight excluding hydrogens is 539 g/mol. The monoisotopic (exact) mass is 566 g/mol. The number of nitrogens with one attached hydrogen (secondary N) is 1. The molecular formula is C29H28Cl2N4O4. The molecule has 8 nitrogen and oxygen atoms in total. The van der Waals surface area contributed by atoms with Crippen molar-refractivity contribution in [3.05, 3.63) is 99.3 Å². The van der Waals surface area contributed by atoms with E-state index >= 15 is 0 Å². The maximum absolute atomic E-state index is 14.1. The molecule has 39 heavy (non-hydrogen) atoms. The van der Waals surface area contributed by atoms with Crippen LogP contribution in [0.5, 0.6) is 0 Å². The van der Waals surface area contributed by atoms with Gasteiger partial charge in [0.05, 0.1) is 23.6 Å². The number of halogens is 2. The summed E-state index contributed by atoms with van der Waals surface area (Å²) in [5.41, 5.74) is 10.5.